The normalized spacial score (nSPS) is 10.7. The van der Waals surface area contributed by atoms with E-state index in [1.807, 2.05) is 0 Å². The first kappa shape index (κ1) is 26.6. The van der Waals surface area contributed by atoms with Crippen LogP contribution in [-0.4, -0.2) is 43.0 Å². The summed E-state index contributed by atoms with van der Waals surface area (Å²) in [6, 6.07) is 0. The van der Waals surface area contributed by atoms with Crippen molar-refractivity contribution in [2.45, 2.75) is 103 Å². The van der Waals surface area contributed by atoms with E-state index in [0.717, 1.165) is 32.2 Å². The van der Waals surface area contributed by atoms with Crippen LogP contribution in [0.1, 0.15) is 103 Å². The number of ether oxygens (including phenoxy) is 1. The Labute approximate surface area is 170 Å². The molecule has 0 spiro atoms. The molecule has 0 aromatic carbocycles. The first-order valence-electron chi connectivity index (χ1n) is 11.2. The van der Waals surface area contributed by atoms with Gasteiger partial charge < -0.3 is 20.0 Å². The Kier molecular flexibility index (Phi) is 20.7. The van der Waals surface area contributed by atoms with E-state index in [1.54, 1.807) is 0 Å². The Hall–Kier alpha value is -1.43. The number of carbonyl (C=O) groups is 3. The Morgan fingerprint density at radius 3 is 1.71 bits per heavy atom. The molecule has 0 fully saturated rings. The zero-order valence-corrected chi connectivity index (χ0v) is 17.6. The molecule has 0 aromatic rings. The minimum Gasteiger partial charge on any atom is -0.481 e. The second kappa shape index (κ2) is 21.9. The predicted molar refractivity (Wildman–Crippen MR) is 111 cm³/mol. The van der Waals surface area contributed by atoms with E-state index < -0.39 is 5.97 Å². The first-order valence-corrected chi connectivity index (χ1v) is 11.2. The third kappa shape index (κ3) is 22.6. The van der Waals surface area contributed by atoms with Gasteiger partial charge in [0.15, 0.2) is 0 Å². The monoisotopic (exact) mass is 399 g/mol. The summed E-state index contributed by atoms with van der Waals surface area (Å²) in [6.07, 6.45) is 17.2. The van der Waals surface area contributed by atoms with E-state index in [1.165, 1.54) is 64.2 Å². The second-order valence-electron chi connectivity index (χ2n) is 7.41. The first-order chi connectivity index (χ1) is 13.7. The van der Waals surface area contributed by atoms with Gasteiger partial charge in [-0.25, -0.2) is 0 Å². The maximum Gasteiger partial charge on any atom is 0.303 e. The Balaban J connectivity index is 3.07. The van der Waals surface area contributed by atoms with Gasteiger partial charge in [-0.3, -0.25) is 9.59 Å². The third-order valence-corrected chi connectivity index (χ3v) is 4.74. The molecule has 0 unspecified atom stereocenters. The summed E-state index contributed by atoms with van der Waals surface area (Å²) in [6.45, 7) is 1.79. The summed E-state index contributed by atoms with van der Waals surface area (Å²) in [4.78, 5) is 31.8. The summed E-state index contributed by atoms with van der Waals surface area (Å²) in [7, 11) is 0. The Bertz CT molecular complexity index is 387. The van der Waals surface area contributed by atoms with Gasteiger partial charge in [0.1, 0.15) is 6.29 Å². The number of amides is 1. The zero-order chi connectivity index (χ0) is 20.7. The van der Waals surface area contributed by atoms with Gasteiger partial charge in [0.25, 0.3) is 0 Å². The molecule has 0 aliphatic rings. The number of aldehydes is 1. The van der Waals surface area contributed by atoms with Crippen molar-refractivity contribution in [3.63, 3.8) is 0 Å². The smallest absolute Gasteiger partial charge is 0.303 e. The van der Waals surface area contributed by atoms with Crippen LogP contribution in [0.3, 0.4) is 0 Å². The van der Waals surface area contributed by atoms with Gasteiger partial charge in [0, 0.05) is 32.4 Å². The van der Waals surface area contributed by atoms with E-state index in [2.05, 4.69) is 5.32 Å². The quantitative estimate of drug-likeness (QED) is 0.204. The van der Waals surface area contributed by atoms with Crippen molar-refractivity contribution in [2.24, 2.45) is 0 Å². The topological polar surface area (TPSA) is 92.7 Å². The largest absolute Gasteiger partial charge is 0.481 e. The molecule has 0 saturated carbocycles. The lowest BCUT2D eigenvalue weighted by Crippen LogP contribution is -2.27. The second-order valence-corrected chi connectivity index (χ2v) is 7.41. The van der Waals surface area contributed by atoms with E-state index in [-0.39, 0.29) is 18.7 Å². The van der Waals surface area contributed by atoms with E-state index in [0.29, 0.717) is 19.6 Å². The molecule has 2 N–H and O–H groups in total. The molecule has 0 radical (unpaired) electrons. The van der Waals surface area contributed by atoms with E-state index in [4.69, 9.17) is 9.84 Å². The molecule has 6 nitrogen and oxygen atoms in total. The van der Waals surface area contributed by atoms with Crippen LogP contribution in [0.4, 0.5) is 0 Å². The van der Waals surface area contributed by atoms with Crippen molar-refractivity contribution >= 4 is 18.2 Å². The van der Waals surface area contributed by atoms with Crippen LogP contribution in [0, 0.1) is 0 Å². The zero-order valence-electron chi connectivity index (χ0n) is 17.6. The van der Waals surface area contributed by atoms with Crippen LogP contribution in [0.5, 0.6) is 0 Å². The maximum absolute atomic E-state index is 11.3. The molecule has 0 bridgehead atoms. The lowest BCUT2D eigenvalue weighted by molar-refractivity contribution is -0.137. The Morgan fingerprint density at radius 1 is 0.714 bits per heavy atom. The van der Waals surface area contributed by atoms with Crippen molar-refractivity contribution in [3.8, 4) is 0 Å². The fourth-order valence-corrected chi connectivity index (χ4v) is 3.07. The summed E-state index contributed by atoms with van der Waals surface area (Å²) < 4.78 is 5.49. The molecule has 0 aliphatic carbocycles. The lowest BCUT2D eigenvalue weighted by atomic mass is 10.0. The molecule has 0 rings (SSSR count). The molecule has 0 heterocycles. The number of carboxylic acids is 1. The minimum absolute atomic E-state index is 0.0913. The SMILES string of the molecule is O=CCCC(=O)NCCOCCCCCCCCCCCCCCCC(=O)O. The molecule has 28 heavy (non-hydrogen) atoms. The fourth-order valence-electron chi connectivity index (χ4n) is 3.07. The van der Waals surface area contributed by atoms with Gasteiger partial charge in [-0.15, -0.1) is 0 Å². The highest BCUT2D eigenvalue weighted by Gasteiger charge is 1.99. The predicted octanol–water partition coefficient (Wildman–Crippen LogP) is 4.64. The van der Waals surface area contributed by atoms with Gasteiger partial charge in [-0.05, 0) is 12.8 Å². The van der Waals surface area contributed by atoms with Crippen LogP contribution in [0.2, 0.25) is 0 Å². The summed E-state index contributed by atoms with van der Waals surface area (Å²) in [5.41, 5.74) is 0. The van der Waals surface area contributed by atoms with Crippen LogP contribution in [-0.2, 0) is 19.1 Å². The number of carbonyl (C=O) groups excluding carboxylic acids is 2. The van der Waals surface area contributed by atoms with Gasteiger partial charge >= 0.3 is 5.97 Å². The van der Waals surface area contributed by atoms with Crippen molar-refractivity contribution in [3.05, 3.63) is 0 Å². The van der Waals surface area contributed by atoms with Crippen LogP contribution in [0.15, 0.2) is 0 Å². The van der Waals surface area contributed by atoms with Crippen molar-refractivity contribution in [1.82, 2.24) is 5.32 Å². The number of unbranched alkanes of at least 4 members (excludes halogenated alkanes) is 12. The molecular formula is C22H41NO5. The third-order valence-electron chi connectivity index (χ3n) is 4.74. The average molecular weight is 400 g/mol. The number of hydrogen-bond acceptors (Lipinski definition) is 4. The van der Waals surface area contributed by atoms with Crippen molar-refractivity contribution < 1.29 is 24.2 Å². The van der Waals surface area contributed by atoms with Gasteiger partial charge in [0.2, 0.25) is 5.91 Å². The highest BCUT2D eigenvalue weighted by Crippen LogP contribution is 2.13. The van der Waals surface area contributed by atoms with Gasteiger partial charge in [0.05, 0.1) is 6.61 Å². The lowest BCUT2D eigenvalue weighted by Gasteiger charge is -2.06. The highest BCUT2D eigenvalue weighted by atomic mass is 16.5. The highest BCUT2D eigenvalue weighted by molar-refractivity contribution is 5.77. The minimum atomic E-state index is -0.680. The molecule has 6 heteroatoms. The number of nitrogens with one attached hydrogen (secondary N) is 1. The van der Waals surface area contributed by atoms with Gasteiger partial charge in [-0.2, -0.15) is 0 Å². The summed E-state index contributed by atoms with van der Waals surface area (Å²) >= 11 is 0. The number of carboxylic acid groups (broad SMARTS) is 1. The van der Waals surface area contributed by atoms with Crippen LogP contribution < -0.4 is 5.32 Å². The molecular weight excluding hydrogens is 358 g/mol. The average Bonchev–Trinajstić information content (AvgIpc) is 2.67. The standard InChI is InChI=1S/C22H41NO5/c24-18-14-15-21(25)23-17-20-28-19-13-11-9-7-5-3-1-2-4-6-8-10-12-16-22(26)27/h18H,1-17,19-20H2,(H,23,25)(H,26,27). The summed E-state index contributed by atoms with van der Waals surface area (Å²) in [5, 5.41) is 11.3. The molecule has 0 aromatic heterocycles. The van der Waals surface area contributed by atoms with Crippen molar-refractivity contribution in [1.29, 1.82) is 0 Å². The number of aliphatic carboxylic acids is 1. The van der Waals surface area contributed by atoms with Gasteiger partial charge in [-0.1, -0.05) is 70.6 Å². The number of hydrogen-bond donors (Lipinski definition) is 2. The van der Waals surface area contributed by atoms with E-state index in [9.17, 15) is 14.4 Å². The fraction of sp³-hybridized carbons (Fsp3) is 0.864. The molecule has 0 saturated heterocycles. The molecule has 0 aliphatic heterocycles. The van der Waals surface area contributed by atoms with E-state index >= 15 is 0 Å². The molecule has 0 atom stereocenters. The Morgan fingerprint density at radius 2 is 1.21 bits per heavy atom. The van der Waals surface area contributed by atoms with Crippen molar-refractivity contribution in [2.75, 3.05) is 19.8 Å². The summed E-state index contributed by atoms with van der Waals surface area (Å²) in [5.74, 6) is -0.771. The number of rotatable bonds is 22. The molecule has 164 valence electrons. The maximum atomic E-state index is 11.3. The van der Waals surface area contributed by atoms with Crippen LogP contribution in [0.25, 0.3) is 0 Å². The van der Waals surface area contributed by atoms with Crippen LogP contribution >= 0.6 is 0 Å². The molecule has 1 amide bonds.